The van der Waals surface area contributed by atoms with E-state index in [2.05, 4.69) is 36.3 Å². The second-order valence-corrected chi connectivity index (χ2v) is 5.48. The third-order valence-electron chi connectivity index (χ3n) is 3.82. The molecule has 2 aromatic carbocycles. The van der Waals surface area contributed by atoms with E-state index in [1.165, 1.54) is 11.1 Å². The van der Waals surface area contributed by atoms with E-state index in [-0.39, 0.29) is 0 Å². The van der Waals surface area contributed by atoms with E-state index in [1.807, 2.05) is 28.9 Å². The summed E-state index contributed by atoms with van der Waals surface area (Å²) in [5, 5.41) is 8.45. The molecule has 0 radical (unpaired) electrons. The molecule has 1 aromatic heterocycles. The lowest BCUT2D eigenvalue weighted by molar-refractivity contribution is 0.300. The van der Waals surface area contributed by atoms with Gasteiger partial charge in [-0.05, 0) is 49.2 Å². The molecule has 1 heterocycles. The van der Waals surface area contributed by atoms with Gasteiger partial charge in [0.05, 0.1) is 17.8 Å². The minimum atomic E-state index is 0.598. The van der Waals surface area contributed by atoms with Gasteiger partial charge in [0.2, 0.25) is 0 Å². The lowest BCUT2D eigenvalue weighted by Gasteiger charge is -2.08. The van der Waals surface area contributed by atoms with Crippen molar-refractivity contribution in [1.29, 1.82) is 0 Å². The van der Waals surface area contributed by atoms with Gasteiger partial charge in [-0.3, -0.25) is 0 Å². The molecule has 0 atom stereocenters. The Bertz CT molecular complexity index is 794. The second kappa shape index (κ2) is 6.05. The highest BCUT2D eigenvalue weighted by Gasteiger charge is 2.06. The van der Waals surface area contributed by atoms with E-state index >= 15 is 0 Å². The standard InChI is InChI=1S/C17H20N4O/c1-12-10-15-16(11-13(12)2)21(20-19-15)8-5-9-22-17-7-4-3-6-14(17)18/h3-4,6-7,10-11H,5,8-9,18H2,1-2H3. The van der Waals surface area contributed by atoms with Crippen LogP contribution in [0.2, 0.25) is 0 Å². The first-order valence-corrected chi connectivity index (χ1v) is 7.43. The van der Waals surface area contributed by atoms with E-state index in [0.29, 0.717) is 12.3 Å². The van der Waals surface area contributed by atoms with Crippen LogP contribution in [-0.4, -0.2) is 21.6 Å². The Morgan fingerprint density at radius 1 is 1.14 bits per heavy atom. The number of hydrogen-bond donors (Lipinski definition) is 1. The van der Waals surface area contributed by atoms with E-state index in [1.54, 1.807) is 0 Å². The zero-order valence-corrected chi connectivity index (χ0v) is 12.9. The van der Waals surface area contributed by atoms with Gasteiger partial charge in [-0.25, -0.2) is 4.68 Å². The summed E-state index contributed by atoms with van der Waals surface area (Å²) in [7, 11) is 0. The number of ether oxygens (including phenoxy) is 1. The molecule has 0 aliphatic rings. The number of nitrogens with two attached hydrogens (primary N) is 1. The van der Waals surface area contributed by atoms with Crippen LogP contribution in [0.4, 0.5) is 5.69 Å². The van der Waals surface area contributed by atoms with Crippen LogP contribution in [0.1, 0.15) is 17.5 Å². The zero-order chi connectivity index (χ0) is 15.5. The Morgan fingerprint density at radius 3 is 2.73 bits per heavy atom. The summed E-state index contributed by atoms with van der Waals surface area (Å²) in [6.07, 6.45) is 0.847. The number of aryl methyl sites for hydroxylation is 3. The number of rotatable bonds is 5. The molecule has 2 N–H and O–H groups in total. The van der Waals surface area contributed by atoms with E-state index < -0.39 is 0 Å². The fourth-order valence-corrected chi connectivity index (χ4v) is 2.40. The molecule has 0 unspecified atom stereocenters. The van der Waals surface area contributed by atoms with Gasteiger partial charge in [0.15, 0.2) is 0 Å². The van der Waals surface area contributed by atoms with Gasteiger partial charge in [-0.15, -0.1) is 5.10 Å². The number of para-hydroxylation sites is 2. The minimum absolute atomic E-state index is 0.598. The molecule has 0 saturated heterocycles. The van der Waals surface area contributed by atoms with Crippen molar-refractivity contribution in [2.24, 2.45) is 0 Å². The van der Waals surface area contributed by atoms with Crippen molar-refractivity contribution in [3.63, 3.8) is 0 Å². The van der Waals surface area contributed by atoms with Crippen LogP contribution >= 0.6 is 0 Å². The van der Waals surface area contributed by atoms with Gasteiger partial charge < -0.3 is 10.5 Å². The van der Waals surface area contributed by atoms with Crippen LogP contribution in [-0.2, 0) is 6.54 Å². The number of hydrogen-bond acceptors (Lipinski definition) is 4. The van der Waals surface area contributed by atoms with Crippen molar-refractivity contribution in [2.75, 3.05) is 12.3 Å². The highest BCUT2D eigenvalue weighted by Crippen LogP contribution is 2.20. The van der Waals surface area contributed by atoms with Crippen LogP contribution in [0.3, 0.4) is 0 Å². The third-order valence-corrected chi connectivity index (χ3v) is 3.82. The summed E-state index contributed by atoms with van der Waals surface area (Å²) in [4.78, 5) is 0. The molecule has 22 heavy (non-hydrogen) atoms. The normalized spacial score (nSPS) is 11.0. The maximum atomic E-state index is 5.85. The molecule has 0 saturated carbocycles. The molecule has 3 rings (SSSR count). The summed E-state index contributed by atoms with van der Waals surface area (Å²) in [5.74, 6) is 0.734. The first kappa shape index (κ1) is 14.4. The lowest BCUT2D eigenvalue weighted by Crippen LogP contribution is -2.07. The molecular formula is C17H20N4O. The number of anilines is 1. The van der Waals surface area contributed by atoms with Crippen molar-refractivity contribution in [3.05, 3.63) is 47.5 Å². The van der Waals surface area contributed by atoms with E-state index in [9.17, 15) is 0 Å². The predicted molar refractivity (Wildman–Crippen MR) is 88.0 cm³/mol. The molecule has 0 aliphatic heterocycles. The Balaban J connectivity index is 1.62. The number of nitrogens with zero attached hydrogens (tertiary/aromatic N) is 3. The molecule has 0 aliphatic carbocycles. The first-order valence-electron chi connectivity index (χ1n) is 7.43. The minimum Gasteiger partial charge on any atom is -0.491 e. The average molecular weight is 296 g/mol. The van der Waals surface area contributed by atoms with E-state index in [0.717, 1.165) is 29.7 Å². The number of benzene rings is 2. The molecule has 5 nitrogen and oxygen atoms in total. The summed E-state index contributed by atoms with van der Waals surface area (Å²) < 4.78 is 7.63. The summed E-state index contributed by atoms with van der Waals surface area (Å²) >= 11 is 0. The van der Waals surface area contributed by atoms with Crippen LogP contribution in [0.5, 0.6) is 5.75 Å². The Hall–Kier alpha value is -2.56. The van der Waals surface area contributed by atoms with Crippen molar-refractivity contribution in [3.8, 4) is 5.75 Å². The fraction of sp³-hybridized carbons (Fsp3) is 0.294. The second-order valence-electron chi connectivity index (χ2n) is 5.48. The average Bonchev–Trinajstić information content (AvgIpc) is 2.88. The van der Waals surface area contributed by atoms with Gasteiger partial charge in [-0.2, -0.15) is 0 Å². The van der Waals surface area contributed by atoms with Crippen molar-refractivity contribution in [1.82, 2.24) is 15.0 Å². The molecule has 114 valence electrons. The monoisotopic (exact) mass is 296 g/mol. The topological polar surface area (TPSA) is 66.0 Å². The number of aromatic nitrogens is 3. The molecule has 0 spiro atoms. The predicted octanol–water partition coefficient (Wildman–Crippen LogP) is 3.10. The van der Waals surface area contributed by atoms with Crippen LogP contribution in [0.15, 0.2) is 36.4 Å². The molecule has 0 bridgehead atoms. The van der Waals surface area contributed by atoms with E-state index in [4.69, 9.17) is 10.5 Å². The van der Waals surface area contributed by atoms with Crippen LogP contribution in [0.25, 0.3) is 11.0 Å². The van der Waals surface area contributed by atoms with Gasteiger partial charge in [0, 0.05) is 13.0 Å². The smallest absolute Gasteiger partial charge is 0.142 e. The summed E-state index contributed by atoms with van der Waals surface area (Å²) in [5.41, 5.74) is 11.0. The zero-order valence-electron chi connectivity index (χ0n) is 12.9. The van der Waals surface area contributed by atoms with Gasteiger partial charge in [0.1, 0.15) is 11.3 Å². The molecule has 5 heteroatoms. The van der Waals surface area contributed by atoms with Gasteiger partial charge in [-0.1, -0.05) is 17.3 Å². The van der Waals surface area contributed by atoms with Gasteiger partial charge in [0.25, 0.3) is 0 Å². The maximum absolute atomic E-state index is 5.85. The SMILES string of the molecule is Cc1cc2nnn(CCCOc3ccccc3N)c2cc1C. The van der Waals surface area contributed by atoms with Crippen molar-refractivity contribution in [2.45, 2.75) is 26.8 Å². The highest BCUT2D eigenvalue weighted by molar-refractivity contribution is 5.76. The lowest BCUT2D eigenvalue weighted by atomic mass is 10.1. The molecule has 0 fully saturated rings. The molecule has 3 aromatic rings. The van der Waals surface area contributed by atoms with Crippen LogP contribution in [0, 0.1) is 13.8 Å². The summed E-state index contributed by atoms with van der Waals surface area (Å²) in [6, 6.07) is 11.8. The first-order chi connectivity index (χ1) is 10.6. The highest BCUT2D eigenvalue weighted by atomic mass is 16.5. The third kappa shape index (κ3) is 2.88. The van der Waals surface area contributed by atoms with Gasteiger partial charge >= 0.3 is 0 Å². The molecule has 0 amide bonds. The Kier molecular flexibility index (Phi) is 3.96. The Labute approximate surface area is 129 Å². The van der Waals surface area contributed by atoms with Crippen molar-refractivity contribution >= 4 is 16.7 Å². The van der Waals surface area contributed by atoms with Crippen LogP contribution < -0.4 is 10.5 Å². The summed E-state index contributed by atoms with van der Waals surface area (Å²) in [6.45, 7) is 5.56. The quantitative estimate of drug-likeness (QED) is 0.580. The maximum Gasteiger partial charge on any atom is 0.142 e. The number of nitrogen functional groups attached to an aromatic ring is 1. The largest absolute Gasteiger partial charge is 0.491 e. The Morgan fingerprint density at radius 2 is 1.91 bits per heavy atom. The molecular weight excluding hydrogens is 276 g/mol. The fourth-order valence-electron chi connectivity index (χ4n) is 2.40. The van der Waals surface area contributed by atoms with Crippen molar-refractivity contribution < 1.29 is 4.74 Å². The number of fused-ring (bicyclic) bond motifs is 1.